The molecule has 2 aromatic carbocycles. The Morgan fingerprint density at radius 3 is 2.52 bits per heavy atom. The number of cyclic esters (lactones) is 1. The van der Waals surface area contributed by atoms with Crippen LogP contribution in [0.25, 0.3) is 6.08 Å². The molecule has 0 spiro atoms. The van der Waals surface area contributed by atoms with Crippen molar-refractivity contribution in [3.8, 4) is 0 Å². The van der Waals surface area contributed by atoms with Gasteiger partial charge >= 0.3 is 5.97 Å². The summed E-state index contributed by atoms with van der Waals surface area (Å²) < 4.78 is 5.16. The van der Waals surface area contributed by atoms with Crippen LogP contribution in [0.15, 0.2) is 71.4 Å². The highest BCUT2D eigenvalue weighted by Crippen LogP contribution is 2.25. The molecule has 0 fully saturated rings. The Labute approximate surface area is 143 Å². The molecule has 1 heterocycles. The van der Waals surface area contributed by atoms with E-state index in [1.54, 1.807) is 30.4 Å². The smallest absolute Gasteiger partial charge is 0.363 e. The second-order valence-electron chi connectivity index (χ2n) is 4.76. The number of benzene rings is 2. The van der Waals surface area contributed by atoms with Crippen molar-refractivity contribution in [1.82, 2.24) is 0 Å². The molecule has 0 saturated heterocycles. The molecule has 0 radical (unpaired) electrons. The van der Waals surface area contributed by atoms with E-state index in [1.165, 1.54) is 0 Å². The molecule has 114 valence electrons. The first-order valence-corrected chi connectivity index (χ1v) is 7.59. The van der Waals surface area contributed by atoms with Gasteiger partial charge in [0, 0.05) is 5.56 Å². The maximum absolute atomic E-state index is 11.9. The Balaban J connectivity index is 1.82. The number of carbonyl (C=O) groups is 1. The fraction of sp³-hybridized carbons (Fsp3) is 0. The monoisotopic (exact) mass is 343 g/mol. The highest BCUT2D eigenvalue weighted by molar-refractivity contribution is 6.42. The maximum atomic E-state index is 11.9. The van der Waals surface area contributed by atoms with Crippen LogP contribution in [0.1, 0.15) is 11.1 Å². The Bertz CT molecular complexity index is 839. The number of hydrogen-bond donors (Lipinski definition) is 0. The molecule has 5 heteroatoms. The molecule has 1 aliphatic rings. The van der Waals surface area contributed by atoms with Gasteiger partial charge in [0.2, 0.25) is 5.90 Å². The number of rotatable bonds is 3. The largest absolute Gasteiger partial charge is 0.402 e. The molecule has 3 nitrogen and oxygen atoms in total. The maximum Gasteiger partial charge on any atom is 0.363 e. The summed E-state index contributed by atoms with van der Waals surface area (Å²) in [5.74, 6) is -0.281. The number of ether oxygens (including phenoxy) is 1. The summed E-state index contributed by atoms with van der Waals surface area (Å²) >= 11 is 11.8. The van der Waals surface area contributed by atoms with Crippen molar-refractivity contribution in [2.45, 2.75) is 0 Å². The minimum absolute atomic E-state index is 0.216. The lowest BCUT2D eigenvalue weighted by Gasteiger charge is -2.01. The van der Waals surface area contributed by atoms with E-state index in [0.717, 1.165) is 5.56 Å². The van der Waals surface area contributed by atoms with Gasteiger partial charge in [-0.2, -0.15) is 0 Å². The van der Waals surface area contributed by atoms with Crippen molar-refractivity contribution in [2.24, 2.45) is 4.99 Å². The third-order valence-corrected chi connectivity index (χ3v) is 3.87. The van der Waals surface area contributed by atoms with E-state index in [2.05, 4.69) is 4.99 Å². The summed E-state index contributed by atoms with van der Waals surface area (Å²) in [5.41, 5.74) is 1.87. The second-order valence-corrected chi connectivity index (χ2v) is 5.57. The van der Waals surface area contributed by atoms with Crippen LogP contribution >= 0.6 is 23.2 Å². The first kappa shape index (κ1) is 15.5. The zero-order chi connectivity index (χ0) is 16.2. The van der Waals surface area contributed by atoms with Gasteiger partial charge in [-0.05, 0) is 29.8 Å². The zero-order valence-corrected chi connectivity index (χ0v) is 13.4. The molecule has 0 bridgehead atoms. The van der Waals surface area contributed by atoms with Crippen LogP contribution in [-0.4, -0.2) is 11.9 Å². The van der Waals surface area contributed by atoms with Gasteiger partial charge < -0.3 is 4.74 Å². The summed E-state index contributed by atoms with van der Waals surface area (Å²) in [7, 11) is 0. The molecule has 0 aromatic heterocycles. The number of nitrogens with zero attached hydrogens (tertiary/aromatic N) is 1. The highest BCUT2D eigenvalue weighted by atomic mass is 35.5. The van der Waals surface area contributed by atoms with Crippen LogP contribution in [-0.2, 0) is 9.53 Å². The number of aliphatic imine (C=N–C) groups is 1. The van der Waals surface area contributed by atoms with Gasteiger partial charge in [-0.3, -0.25) is 0 Å². The fourth-order valence-corrected chi connectivity index (χ4v) is 2.29. The third-order valence-electron chi connectivity index (χ3n) is 3.13. The zero-order valence-electron chi connectivity index (χ0n) is 11.9. The number of allylic oxidation sites excluding steroid dienone is 2. The lowest BCUT2D eigenvalue weighted by molar-refractivity contribution is -0.130. The van der Waals surface area contributed by atoms with Crippen LogP contribution in [0.5, 0.6) is 0 Å². The van der Waals surface area contributed by atoms with Crippen LogP contribution in [0.4, 0.5) is 0 Å². The average Bonchev–Trinajstić information content (AvgIpc) is 2.92. The van der Waals surface area contributed by atoms with Crippen LogP contribution in [0.2, 0.25) is 10.0 Å². The summed E-state index contributed by atoms with van der Waals surface area (Å²) in [6.07, 6.45) is 5.25. The van der Waals surface area contributed by atoms with Gasteiger partial charge in [0.05, 0.1) is 10.0 Å². The van der Waals surface area contributed by atoms with Crippen molar-refractivity contribution in [3.63, 3.8) is 0 Å². The summed E-state index contributed by atoms with van der Waals surface area (Å²) in [6, 6.07) is 14.7. The molecule has 0 atom stereocenters. The quantitative estimate of drug-likeness (QED) is 0.587. The molecule has 3 rings (SSSR count). The fourth-order valence-electron chi connectivity index (χ4n) is 1.99. The van der Waals surface area contributed by atoms with Gasteiger partial charge in [-0.15, -0.1) is 0 Å². The van der Waals surface area contributed by atoms with E-state index in [1.807, 2.05) is 36.4 Å². The van der Waals surface area contributed by atoms with Crippen molar-refractivity contribution < 1.29 is 9.53 Å². The Morgan fingerprint density at radius 2 is 1.78 bits per heavy atom. The van der Waals surface area contributed by atoms with E-state index < -0.39 is 5.97 Å². The van der Waals surface area contributed by atoms with Crippen LogP contribution < -0.4 is 0 Å². The Morgan fingerprint density at radius 1 is 1.00 bits per heavy atom. The van der Waals surface area contributed by atoms with Gasteiger partial charge in [0.1, 0.15) is 0 Å². The van der Waals surface area contributed by atoms with Crippen molar-refractivity contribution in [2.75, 3.05) is 0 Å². The molecule has 23 heavy (non-hydrogen) atoms. The van der Waals surface area contributed by atoms with Gasteiger partial charge in [-0.25, -0.2) is 9.79 Å². The van der Waals surface area contributed by atoms with E-state index >= 15 is 0 Å². The van der Waals surface area contributed by atoms with Crippen molar-refractivity contribution >= 4 is 41.1 Å². The molecule has 0 N–H and O–H groups in total. The summed E-state index contributed by atoms with van der Waals surface area (Å²) in [6.45, 7) is 0. The molecule has 1 aliphatic heterocycles. The SMILES string of the molecule is O=C1OC(c2ccc(Cl)c(Cl)c2)=N/C1=C\C=C\c1ccccc1. The van der Waals surface area contributed by atoms with Crippen LogP contribution in [0, 0.1) is 0 Å². The lowest BCUT2D eigenvalue weighted by Crippen LogP contribution is -2.05. The molecule has 0 aliphatic carbocycles. The van der Waals surface area contributed by atoms with Gasteiger partial charge in [0.25, 0.3) is 0 Å². The average molecular weight is 344 g/mol. The minimum atomic E-state index is -0.496. The number of hydrogen-bond acceptors (Lipinski definition) is 3. The Kier molecular flexibility index (Phi) is 4.60. The number of esters is 1. The van der Waals surface area contributed by atoms with Crippen molar-refractivity contribution in [1.29, 1.82) is 0 Å². The lowest BCUT2D eigenvalue weighted by atomic mass is 10.2. The highest BCUT2D eigenvalue weighted by Gasteiger charge is 2.23. The van der Waals surface area contributed by atoms with Crippen molar-refractivity contribution in [3.05, 3.63) is 87.6 Å². The molecule has 2 aromatic rings. The number of carbonyl (C=O) groups excluding carboxylic acids is 1. The molecular formula is C18H11Cl2NO2. The van der Waals surface area contributed by atoms with Gasteiger partial charge in [0.15, 0.2) is 5.70 Å². The first-order valence-electron chi connectivity index (χ1n) is 6.83. The van der Waals surface area contributed by atoms with E-state index in [9.17, 15) is 4.79 Å². The van der Waals surface area contributed by atoms with Gasteiger partial charge in [-0.1, -0.05) is 65.7 Å². The molecular weight excluding hydrogens is 333 g/mol. The van der Waals surface area contributed by atoms with E-state index in [-0.39, 0.29) is 11.6 Å². The van der Waals surface area contributed by atoms with Crippen LogP contribution in [0.3, 0.4) is 0 Å². The summed E-state index contributed by atoms with van der Waals surface area (Å²) in [5, 5.41) is 0.811. The predicted molar refractivity (Wildman–Crippen MR) is 92.6 cm³/mol. The molecule has 0 amide bonds. The van der Waals surface area contributed by atoms with E-state index in [0.29, 0.717) is 15.6 Å². The third kappa shape index (κ3) is 3.70. The molecule has 0 unspecified atom stereocenters. The standard InChI is InChI=1S/C18H11Cl2NO2/c19-14-10-9-13(11-15(14)20)17-21-16(18(22)23-17)8-4-7-12-5-2-1-3-6-12/h1-11H/b7-4+,16-8-. The predicted octanol–water partition coefficient (Wildman–Crippen LogP) is 4.89. The molecule has 0 saturated carbocycles. The first-order chi connectivity index (χ1) is 11.1. The summed E-state index contributed by atoms with van der Waals surface area (Å²) in [4.78, 5) is 16.0. The second kappa shape index (κ2) is 6.82. The number of halogens is 2. The minimum Gasteiger partial charge on any atom is -0.402 e. The van der Waals surface area contributed by atoms with E-state index in [4.69, 9.17) is 27.9 Å². The normalized spacial score (nSPS) is 16.0. The Hall–Kier alpha value is -2.36. The topological polar surface area (TPSA) is 38.7 Å².